The van der Waals surface area contributed by atoms with Crippen LogP contribution < -0.4 is 16.4 Å². The number of amides is 3. The second-order valence-electron chi connectivity index (χ2n) is 10.7. The van der Waals surface area contributed by atoms with E-state index in [0.29, 0.717) is 18.5 Å². The normalized spacial score (nSPS) is 18.5. The molecule has 1 saturated heterocycles. The second-order valence-corrected chi connectivity index (χ2v) is 10.7. The summed E-state index contributed by atoms with van der Waals surface area (Å²) in [5.41, 5.74) is 7.18. The quantitative estimate of drug-likeness (QED) is 0.192. The largest absolute Gasteiger partial charge is 0.465 e. The zero-order valence-electron chi connectivity index (χ0n) is 26.5. The van der Waals surface area contributed by atoms with Crippen LogP contribution in [0.15, 0.2) is 59.5 Å². The summed E-state index contributed by atoms with van der Waals surface area (Å²) in [5.74, 6) is -1.19. The number of carbonyl (C=O) groups is 4. The Bertz CT molecular complexity index is 1380. The Kier molecular flexibility index (Phi) is 10.6. The van der Waals surface area contributed by atoms with E-state index in [2.05, 4.69) is 15.6 Å². The number of nitrogens with one attached hydrogen (secondary N) is 2. The number of ether oxygens (including phenoxy) is 2. The number of aliphatic imine (C=N–C) groups is 1. The van der Waals surface area contributed by atoms with E-state index in [1.807, 2.05) is 18.2 Å². The van der Waals surface area contributed by atoms with Crippen molar-refractivity contribution in [2.45, 2.75) is 70.7 Å². The van der Waals surface area contributed by atoms with Crippen LogP contribution in [0.1, 0.15) is 64.9 Å². The maximum Gasteiger partial charge on any atom is 0.435 e. The van der Waals surface area contributed by atoms with Crippen LogP contribution in [0.5, 0.6) is 0 Å². The molecule has 1 saturated carbocycles. The first-order valence-corrected chi connectivity index (χ1v) is 14.8. The third-order valence-electron chi connectivity index (χ3n) is 7.71. The van der Waals surface area contributed by atoms with E-state index in [9.17, 15) is 19.2 Å². The summed E-state index contributed by atoms with van der Waals surface area (Å²) >= 11 is 0. The number of likely N-dealkylation sites (tertiary alicyclic amines) is 1. The highest BCUT2D eigenvalue weighted by molar-refractivity contribution is 6.02. The van der Waals surface area contributed by atoms with Crippen molar-refractivity contribution in [1.82, 2.24) is 15.5 Å². The minimum atomic E-state index is -0.937. The van der Waals surface area contributed by atoms with Crippen LogP contribution in [-0.2, 0) is 37.0 Å². The Morgan fingerprint density at radius 2 is 1.74 bits per heavy atom. The molecule has 0 radical (unpaired) electrons. The molecule has 0 spiro atoms. The Labute approximate surface area is 255 Å². The minimum absolute atomic E-state index is 0.00587. The Balaban J connectivity index is 1.34. The number of nitrogens with zero attached hydrogens (tertiary/aromatic N) is 2. The number of hydrogen-bond acceptors (Lipinski definition) is 7. The Hall–Kier alpha value is -4.25. The number of benzene rings is 2. The lowest BCUT2D eigenvalue weighted by molar-refractivity contribution is -0.151. The maximum atomic E-state index is 13.6. The van der Waals surface area contributed by atoms with Gasteiger partial charge < -0.3 is 25.4 Å². The van der Waals surface area contributed by atoms with Gasteiger partial charge in [0.05, 0.1) is 21.9 Å². The first-order valence-electron chi connectivity index (χ1n) is 15.8. The van der Waals surface area contributed by atoms with Crippen molar-refractivity contribution in [1.29, 1.82) is 0 Å². The van der Waals surface area contributed by atoms with E-state index in [4.69, 9.17) is 17.9 Å². The topological polar surface area (TPSA) is 152 Å². The van der Waals surface area contributed by atoms with E-state index in [1.165, 1.54) is 12.1 Å². The van der Waals surface area contributed by atoms with Gasteiger partial charge in [-0.2, -0.15) is 4.99 Å². The molecule has 11 nitrogen and oxygen atoms in total. The van der Waals surface area contributed by atoms with Gasteiger partial charge in [-0.1, -0.05) is 73.8 Å². The Morgan fingerprint density at radius 3 is 2.40 bits per heavy atom. The Morgan fingerprint density at radius 1 is 1.02 bits per heavy atom. The molecule has 1 heterocycles. The lowest BCUT2D eigenvalue weighted by Gasteiger charge is -2.43. The average molecular weight is 596 g/mol. The molecule has 230 valence electrons. The zero-order valence-corrected chi connectivity index (χ0v) is 24.5. The van der Waals surface area contributed by atoms with Crippen LogP contribution in [0.25, 0.3) is 0 Å². The fourth-order valence-electron chi connectivity index (χ4n) is 5.31. The molecule has 2 aliphatic rings. The molecule has 2 fully saturated rings. The molecule has 0 unspecified atom stereocenters. The van der Waals surface area contributed by atoms with Crippen molar-refractivity contribution < 1.29 is 31.4 Å². The molecular weight excluding hydrogens is 550 g/mol. The number of hydrogen-bond donors (Lipinski definition) is 3. The standard InChI is InChI=1S/C32H41N5O6/c1-2-42-27(38)20-34-28(24-11-7-4-8-12-24)31(40)37-18-17-26(37)30(39)35-19-22-13-15-25(16-14-22)29(33)36-32(41)43-21-23-9-5-3-6-10-23/h3,5-6,9-10,13-16,24,26,28,34H,2,4,7-8,11-12,17-21H2,1H3,(H,35,39)(H2,33,36,41)/t26-,28+/m0/s1/i15T,16T. The maximum absolute atomic E-state index is 13.6. The first kappa shape index (κ1) is 28.9. The summed E-state index contributed by atoms with van der Waals surface area (Å²) in [6.07, 6.45) is 4.48. The third kappa shape index (κ3) is 9.12. The number of amidine groups is 1. The highest BCUT2D eigenvalue weighted by Crippen LogP contribution is 2.29. The lowest BCUT2D eigenvalue weighted by atomic mass is 9.82. The summed E-state index contributed by atoms with van der Waals surface area (Å²) in [5, 5.41) is 5.91. The van der Waals surface area contributed by atoms with Gasteiger partial charge in [-0.05, 0) is 43.2 Å². The molecule has 1 aliphatic carbocycles. The van der Waals surface area contributed by atoms with Gasteiger partial charge in [-0.25, -0.2) is 4.79 Å². The number of nitrogens with two attached hydrogens (primary N) is 1. The fourth-order valence-corrected chi connectivity index (χ4v) is 5.31. The number of carbonyl (C=O) groups excluding carboxylic acids is 4. The molecule has 43 heavy (non-hydrogen) atoms. The van der Waals surface area contributed by atoms with Gasteiger partial charge in [0.1, 0.15) is 18.5 Å². The highest BCUT2D eigenvalue weighted by Gasteiger charge is 2.42. The summed E-state index contributed by atoms with van der Waals surface area (Å²) in [7, 11) is 0. The second kappa shape index (κ2) is 15.8. The van der Waals surface area contributed by atoms with Crippen LogP contribution in [0.2, 0.25) is 0 Å². The van der Waals surface area contributed by atoms with Gasteiger partial charge in [0.15, 0.2) is 0 Å². The van der Waals surface area contributed by atoms with E-state index in [-0.39, 0.29) is 67.5 Å². The van der Waals surface area contributed by atoms with Crippen LogP contribution in [-0.4, -0.2) is 66.4 Å². The number of rotatable bonds is 12. The molecule has 1 aliphatic heterocycles. The average Bonchev–Trinajstić information content (AvgIpc) is 2.99. The molecule has 2 aromatic rings. The smallest absolute Gasteiger partial charge is 0.435 e. The molecule has 3 amide bonds. The minimum Gasteiger partial charge on any atom is -0.465 e. The van der Waals surface area contributed by atoms with Crippen molar-refractivity contribution in [2.24, 2.45) is 16.6 Å². The summed E-state index contributed by atoms with van der Waals surface area (Å²) < 4.78 is 26.9. The monoisotopic (exact) mass is 595 g/mol. The predicted molar refractivity (Wildman–Crippen MR) is 161 cm³/mol. The lowest BCUT2D eigenvalue weighted by Crippen LogP contribution is -2.63. The van der Waals surface area contributed by atoms with Crippen LogP contribution in [0.4, 0.5) is 4.79 Å². The summed E-state index contributed by atoms with van der Waals surface area (Å²) in [6, 6.07) is 10.4. The molecule has 11 heteroatoms. The van der Waals surface area contributed by atoms with Crippen molar-refractivity contribution in [3.05, 3.63) is 71.2 Å². The zero-order chi connectivity index (χ0) is 32.3. The van der Waals surface area contributed by atoms with E-state index < -0.39 is 24.1 Å². The van der Waals surface area contributed by atoms with Crippen molar-refractivity contribution >= 4 is 29.7 Å². The van der Waals surface area contributed by atoms with E-state index >= 15 is 0 Å². The third-order valence-corrected chi connectivity index (χ3v) is 7.71. The summed E-state index contributed by atoms with van der Waals surface area (Å²) in [4.78, 5) is 56.1. The van der Waals surface area contributed by atoms with Crippen LogP contribution in [0.3, 0.4) is 0 Å². The molecular formula is C32H41N5O6. The van der Waals surface area contributed by atoms with Crippen molar-refractivity contribution in [3.8, 4) is 0 Å². The van der Waals surface area contributed by atoms with Crippen molar-refractivity contribution in [3.63, 3.8) is 0 Å². The molecule has 0 aromatic heterocycles. The van der Waals surface area contributed by atoms with Gasteiger partial charge in [0, 0.05) is 18.7 Å². The summed E-state index contributed by atoms with van der Waals surface area (Å²) in [6.45, 7) is 2.39. The van der Waals surface area contributed by atoms with Gasteiger partial charge in [0.25, 0.3) is 0 Å². The molecule has 2 atom stereocenters. The van der Waals surface area contributed by atoms with Gasteiger partial charge >= 0.3 is 12.1 Å². The van der Waals surface area contributed by atoms with E-state index in [1.54, 1.807) is 24.0 Å². The first-order chi connectivity index (χ1) is 21.7. The highest BCUT2D eigenvalue weighted by atomic mass is 16.5. The molecule has 4 N–H and O–H groups in total. The predicted octanol–water partition coefficient (Wildman–Crippen LogP) is 3.05. The molecule has 2 aromatic carbocycles. The molecule has 0 bridgehead atoms. The van der Waals surface area contributed by atoms with E-state index in [0.717, 1.165) is 37.7 Å². The van der Waals surface area contributed by atoms with Gasteiger partial charge in [-0.3, -0.25) is 19.7 Å². The molecule has 4 rings (SSSR count). The fraction of sp³-hybridized carbons (Fsp3) is 0.469. The van der Waals surface area contributed by atoms with Crippen LogP contribution in [0, 0.1) is 5.92 Å². The van der Waals surface area contributed by atoms with Gasteiger partial charge in [-0.15, -0.1) is 0 Å². The van der Waals surface area contributed by atoms with Gasteiger partial charge in [0.2, 0.25) is 11.8 Å². The van der Waals surface area contributed by atoms with Crippen LogP contribution >= 0.6 is 0 Å². The van der Waals surface area contributed by atoms with Crippen molar-refractivity contribution in [2.75, 3.05) is 19.7 Å². The SMILES string of the molecule is [3H]c1cc(CNC(=O)[C@@H]2CCN2C(=O)[C@H](NCC(=O)OCC)C2CCCCC2)cc([3H])c1/C(N)=N/C(=O)OCc1ccccc1. The number of esters is 1.